The smallest absolute Gasteiger partial charge is 0.131 e. The number of hydrogen-bond acceptors (Lipinski definition) is 1. The molecule has 0 fully saturated rings. The zero-order valence-electron chi connectivity index (χ0n) is 8.77. The topological polar surface area (TPSA) is 17.3 Å². The van der Waals surface area contributed by atoms with Crippen LogP contribution in [0.4, 0.5) is 4.39 Å². The molecule has 0 aliphatic rings. The van der Waals surface area contributed by atoms with Crippen LogP contribution in [0.2, 0.25) is 0 Å². The Morgan fingerprint density at radius 3 is 2.76 bits per heavy atom. The lowest BCUT2D eigenvalue weighted by molar-refractivity contribution is 0.631. The molecular formula is C13H8BrFN2. The maximum absolute atomic E-state index is 13.6. The van der Waals surface area contributed by atoms with Crippen LogP contribution in [0.15, 0.2) is 53.3 Å². The van der Waals surface area contributed by atoms with Gasteiger partial charge in [0.2, 0.25) is 0 Å². The molecule has 0 aliphatic heterocycles. The van der Waals surface area contributed by atoms with Crippen molar-refractivity contribution in [1.29, 1.82) is 0 Å². The summed E-state index contributed by atoms with van der Waals surface area (Å²) in [4.78, 5) is 0. The third kappa shape index (κ3) is 1.74. The van der Waals surface area contributed by atoms with Crippen molar-refractivity contribution in [2.45, 2.75) is 0 Å². The number of halogens is 2. The minimum Gasteiger partial charge on any atom is -0.239 e. The van der Waals surface area contributed by atoms with Crippen LogP contribution in [0.3, 0.4) is 0 Å². The molecule has 4 heteroatoms. The van der Waals surface area contributed by atoms with Crippen LogP contribution in [-0.2, 0) is 0 Å². The summed E-state index contributed by atoms with van der Waals surface area (Å²) in [5, 5.41) is 4.18. The van der Waals surface area contributed by atoms with Crippen molar-refractivity contribution in [2.24, 2.45) is 0 Å². The normalized spacial score (nSPS) is 10.9. The van der Waals surface area contributed by atoms with Crippen molar-refractivity contribution in [2.75, 3.05) is 0 Å². The first kappa shape index (κ1) is 10.5. The third-order valence-corrected chi connectivity index (χ3v) is 3.26. The van der Waals surface area contributed by atoms with Gasteiger partial charge < -0.3 is 0 Å². The van der Waals surface area contributed by atoms with E-state index in [4.69, 9.17) is 0 Å². The Balaban J connectivity index is 2.22. The first-order chi connectivity index (χ1) is 8.25. The molecule has 2 aromatic heterocycles. The van der Waals surface area contributed by atoms with Crippen LogP contribution in [0.25, 0.3) is 16.6 Å². The summed E-state index contributed by atoms with van der Waals surface area (Å²) in [6.45, 7) is 0. The highest BCUT2D eigenvalue weighted by atomic mass is 79.9. The number of rotatable bonds is 1. The van der Waals surface area contributed by atoms with Crippen molar-refractivity contribution < 1.29 is 4.39 Å². The molecule has 17 heavy (non-hydrogen) atoms. The highest BCUT2D eigenvalue weighted by molar-refractivity contribution is 9.10. The molecule has 0 saturated heterocycles. The van der Waals surface area contributed by atoms with Gasteiger partial charge in [0.1, 0.15) is 5.82 Å². The molecule has 1 aromatic carbocycles. The second kappa shape index (κ2) is 3.96. The van der Waals surface area contributed by atoms with Gasteiger partial charge >= 0.3 is 0 Å². The van der Waals surface area contributed by atoms with E-state index in [9.17, 15) is 4.39 Å². The van der Waals surface area contributed by atoms with Gasteiger partial charge in [0, 0.05) is 17.3 Å². The average molecular weight is 291 g/mol. The maximum Gasteiger partial charge on any atom is 0.131 e. The Labute approximate surface area is 106 Å². The van der Waals surface area contributed by atoms with Crippen molar-refractivity contribution in [1.82, 2.24) is 9.61 Å². The maximum atomic E-state index is 13.6. The molecule has 0 aliphatic carbocycles. The Morgan fingerprint density at radius 2 is 1.94 bits per heavy atom. The summed E-state index contributed by atoms with van der Waals surface area (Å²) in [7, 11) is 0. The van der Waals surface area contributed by atoms with Crippen LogP contribution in [0.1, 0.15) is 0 Å². The molecule has 0 amide bonds. The van der Waals surface area contributed by atoms with Gasteiger partial charge in [-0.2, -0.15) is 5.10 Å². The Morgan fingerprint density at radius 1 is 1.12 bits per heavy atom. The zero-order chi connectivity index (χ0) is 11.8. The standard InChI is InChI=1S/C13H8BrFN2/c14-11-7-16-17-8-9(5-6-13(11)17)10-3-1-2-4-12(10)15/h1-8H. The first-order valence-corrected chi connectivity index (χ1v) is 5.93. The van der Waals surface area contributed by atoms with E-state index in [-0.39, 0.29) is 5.82 Å². The van der Waals surface area contributed by atoms with E-state index in [1.165, 1.54) is 6.07 Å². The van der Waals surface area contributed by atoms with Crippen LogP contribution in [-0.4, -0.2) is 9.61 Å². The van der Waals surface area contributed by atoms with Gasteiger partial charge in [-0.15, -0.1) is 0 Å². The Bertz CT molecular complexity index is 691. The van der Waals surface area contributed by atoms with Crippen LogP contribution < -0.4 is 0 Å². The summed E-state index contributed by atoms with van der Waals surface area (Å²) in [5.41, 5.74) is 2.36. The van der Waals surface area contributed by atoms with Gasteiger partial charge in [-0.3, -0.25) is 0 Å². The minimum absolute atomic E-state index is 0.224. The lowest BCUT2D eigenvalue weighted by atomic mass is 10.1. The fraction of sp³-hybridized carbons (Fsp3) is 0. The van der Waals surface area contributed by atoms with E-state index in [0.717, 1.165) is 15.6 Å². The third-order valence-electron chi connectivity index (χ3n) is 2.65. The molecular weight excluding hydrogens is 283 g/mol. The quantitative estimate of drug-likeness (QED) is 0.664. The van der Waals surface area contributed by atoms with E-state index in [1.54, 1.807) is 22.8 Å². The van der Waals surface area contributed by atoms with Gasteiger partial charge in [0.25, 0.3) is 0 Å². The molecule has 3 aromatic rings. The molecule has 0 unspecified atom stereocenters. The van der Waals surface area contributed by atoms with E-state index in [0.29, 0.717) is 5.56 Å². The van der Waals surface area contributed by atoms with E-state index in [1.807, 2.05) is 24.4 Å². The van der Waals surface area contributed by atoms with Gasteiger partial charge in [0.05, 0.1) is 16.2 Å². The molecule has 84 valence electrons. The predicted molar refractivity (Wildman–Crippen MR) is 68.3 cm³/mol. The fourth-order valence-electron chi connectivity index (χ4n) is 1.81. The number of aromatic nitrogens is 2. The first-order valence-electron chi connectivity index (χ1n) is 5.13. The molecule has 0 saturated carbocycles. The summed E-state index contributed by atoms with van der Waals surface area (Å²) in [6, 6.07) is 10.5. The number of benzene rings is 1. The van der Waals surface area contributed by atoms with Crippen molar-refractivity contribution >= 4 is 21.4 Å². The average Bonchev–Trinajstić information content (AvgIpc) is 2.71. The second-order valence-electron chi connectivity index (χ2n) is 3.72. The second-order valence-corrected chi connectivity index (χ2v) is 4.57. The summed E-state index contributed by atoms with van der Waals surface area (Å²) >= 11 is 3.40. The van der Waals surface area contributed by atoms with E-state index >= 15 is 0 Å². The van der Waals surface area contributed by atoms with Gasteiger partial charge in [-0.05, 0) is 28.1 Å². The van der Waals surface area contributed by atoms with Crippen molar-refractivity contribution in [3.05, 3.63) is 59.1 Å². The molecule has 0 atom stereocenters. The Hall–Kier alpha value is -1.68. The monoisotopic (exact) mass is 290 g/mol. The molecule has 0 bridgehead atoms. The SMILES string of the molecule is Fc1ccccc1-c1ccc2c(Br)cnn2c1. The van der Waals surface area contributed by atoms with Gasteiger partial charge in [0.15, 0.2) is 0 Å². The highest BCUT2D eigenvalue weighted by Crippen LogP contribution is 2.25. The lowest BCUT2D eigenvalue weighted by Gasteiger charge is -2.03. The molecule has 0 radical (unpaired) electrons. The summed E-state index contributed by atoms with van der Waals surface area (Å²) < 4.78 is 16.3. The van der Waals surface area contributed by atoms with Crippen molar-refractivity contribution in [3.63, 3.8) is 0 Å². The zero-order valence-corrected chi connectivity index (χ0v) is 10.4. The molecule has 3 rings (SSSR count). The lowest BCUT2D eigenvalue weighted by Crippen LogP contribution is -1.90. The number of hydrogen-bond donors (Lipinski definition) is 0. The highest BCUT2D eigenvalue weighted by Gasteiger charge is 2.06. The number of nitrogens with zero attached hydrogens (tertiary/aromatic N) is 2. The summed E-state index contributed by atoms with van der Waals surface area (Å²) in [5.74, 6) is -0.224. The van der Waals surface area contributed by atoms with Crippen LogP contribution in [0.5, 0.6) is 0 Å². The summed E-state index contributed by atoms with van der Waals surface area (Å²) in [6.07, 6.45) is 3.54. The van der Waals surface area contributed by atoms with Crippen LogP contribution >= 0.6 is 15.9 Å². The minimum atomic E-state index is -0.224. The molecule has 0 N–H and O–H groups in total. The van der Waals surface area contributed by atoms with E-state index in [2.05, 4.69) is 21.0 Å². The number of fused-ring (bicyclic) bond motifs is 1. The molecule has 0 spiro atoms. The van der Waals surface area contributed by atoms with E-state index < -0.39 is 0 Å². The fourth-order valence-corrected chi connectivity index (χ4v) is 2.21. The molecule has 2 heterocycles. The van der Waals surface area contributed by atoms with Crippen LogP contribution in [0, 0.1) is 5.82 Å². The molecule has 2 nitrogen and oxygen atoms in total. The largest absolute Gasteiger partial charge is 0.239 e. The number of pyridine rings is 1. The Kier molecular flexibility index (Phi) is 2.44. The van der Waals surface area contributed by atoms with Gasteiger partial charge in [-0.25, -0.2) is 8.91 Å². The van der Waals surface area contributed by atoms with Gasteiger partial charge in [-0.1, -0.05) is 24.3 Å². The predicted octanol–water partition coefficient (Wildman–Crippen LogP) is 3.90. The van der Waals surface area contributed by atoms with Crippen molar-refractivity contribution in [3.8, 4) is 11.1 Å².